The zero-order chi connectivity index (χ0) is 55.8. The normalized spacial score (nSPS) is 14.4. The molecule has 10 nitrogen and oxygen atoms in total. The highest BCUT2D eigenvalue weighted by Crippen LogP contribution is 2.47. The Balaban J connectivity index is 0.000000341. The van der Waals surface area contributed by atoms with Crippen LogP contribution in [0.25, 0.3) is 21.5 Å². The topological polar surface area (TPSA) is 134 Å². The molecule has 0 aliphatic heterocycles. The van der Waals surface area contributed by atoms with Gasteiger partial charge in [-0.3, -0.25) is 19.2 Å². The van der Waals surface area contributed by atoms with Gasteiger partial charge >= 0.3 is 11.9 Å². The predicted molar refractivity (Wildman–Crippen MR) is 314 cm³/mol. The monoisotopic (exact) mass is 1040 g/mol. The first kappa shape index (κ1) is 61.5. The zero-order valence-corrected chi connectivity index (χ0v) is 48.4. The Labute approximate surface area is 456 Å². The van der Waals surface area contributed by atoms with E-state index in [4.69, 9.17) is 9.47 Å². The van der Waals surface area contributed by atoms with Gasteiger partial charge in [0.15, 0.2) is 11.6 Å². The summed E-state index contributed by atoms with van der Waals surface area (Å²) in [6, 6.07) is 16.5. The fourth-order valence-corrected chi connectivity index (χ4v) is 11.1. The lowest BCUT2D eigenvalue weighted by atomic mass is 9.80. The number of carbonyl (C=O) groups excluding carboxylic acids is 4. The zero-order valence-electron chi connectivity index (χ0n) is 48.4. The maximum absolute atomic E-state index is 14.2. The summed E-state index contributed by atoms with van der Waals surface area (Å²) in [6.07, 6.45) is 21.9. The molecule has 0 heterocycles. The van der Waals surface area contributed by atoms with Crippen LogP contribution in [0.3, 0.4) is 0 Å². The summed E-state index contributed by atoms with van der Waals surface area (Å²) in [5.74, 6) is -0.217. The molecule has 2 aliphatic carbocycles. The van der Waals surface area contributed by atoms with Gasteiger partial charge in [-0.2, -0.15) is 0 Å². The van der Waals surface area contributed by atoms with Crippen molar-refractivity contribution < 1.29 is 38.9 Å². The number of rotatable bonds is 28. The van der Waals surface area contributed by atoms with Gasteiger partial charge < -0.3 is 29.5 Å². The summed E-state index contributed by atoms with van der Waals surface area (Å²) in [7, 11) is 8.03. The highest BCUT2D eigenvalue weighted by molar-refractivity contribution is 6.15. The first-order valence-corrected chi connectivity index (χ1v) is 28.4. The number of Topliss-reactive ketones (excluding diaryl/α,β-unsaturated/α-hetero) is 2. The minimum Gasteiger partial charge on any atom is -0.465 e. The van der Waals surface area contributed by atoms with E-state index in [1.165, 1.54) is 38.5 Å². The van der Waals surface area contributed by atoms with Gasteiger partial charge in [-0.05, 0) is 121 Å². The summed E-state index contributed by atoms with van der Waals surface area (Å²) in [5, 5.41) is 23.8. The number of carbonyl (C=O) groups is 4. The maximum atomic E-state index is 14.2. The van der Waals surface area contributed by atoms with Crippen molar-refractivity contribution in [2.24, 2.45) is 21.7 Å². The maximum Gasteiger partial charge on any atom is 0.305 e. The molecule has 0 unspecified atom stereocenters. The predicted octanol–water partition coefficient (Wildman–Crippen LogP) is 14.1. The van der Waals surface area contributed by atoms with E-state index in [2.05, 4.69) is 47.2 Å². The van der Waals surface area contributed by atoms with E-state index < -0.39 is 21.7 Å². The van der Waals surface area contributed by atoms with Gasteiger partial charge in [0.05, 0.1) is 13.2 Å². The number of benzene rings is 4. The first-order chi connectivity index (χ1) is 36.1. The number of allylic oxidation sites excluding steroid dienone is 2. The van der Waals surface area contributed by atoms with Crippen LogP contribution in [0.15, 0.2) is 73.8 Å². The molecule has 4 aromatic carbocycles. The van der Waals surface area contributed by atoms with Crippen LogP contribution in [-0.4, -0.2) is 88.3 Å². The molecule has 4 aromatic rings. The van der Waals surface area contributed by atoms with Crippen molar-refractivity contribution in [3.8, 4) is 0 Å². The van der Waals surface area contributed by atoms with Gasteiger partial charge in [0, 0.05) is 96.0 Å². The summed E-state index contributed by atoms with van der Waals surface area (Å²) in [6.45, 7) is 19.4. The van der Waals surface area contributed by atoms with Gasteiger partial charge in [0.25, 0.3) is 0 Å². The molecule has 2 aliphatic rings. The fraction of sp³-hybridized carbons (Fsp3) is 0.576. The number of anilines is 2. The van der Waals surface area contributed by atoms with Gasteiger partial charge in [-0.25, -0.2) is 0 Å². The van der Waals surface area contributed by atoms with Crippen LogP contribution in [0.2, 0.25) is 0 Å². The van der Waals surface area contributed by atoms with Crippen LogP contribution in [0.5, 0.6) is 0 Å². The van der Waals surface area contributed by atoms with Gasteiger partial charge in [-0.1, -0.05) is 129 Å². The molecule has 0 fully saturated rings. The molecule has 6 rings (SSSR count). The average molecular weight is 1040 g/mol. The molecular weight excluding hydrogens is 949 g/mol. The number of fused-ring (bicyclic) bond motifs is 4. The summed E-state index contributed by atoms with van der Waals surface area (Å²) in [4.78, 5) is 57.7. The average Bonchev–Trinajstić information content (AvgIpc) is 3.95. The number of aliphatic hydroxyl groups is 2. The quantitative estimate of drug-likeness (QED) is 0.0245. The van der Waals surface area contributed by atoms with Crippen LogP contribution in [0, 0.1) is 21.7 Å². The SMILES string of the molecule is C=CCCCCCCCCC(=O)OCC1(COC(=O)CCCCCCCCC=C)Cc2cc3c(N(C)C)cccc3c(C(=O)C(C)(C)C)c2C1.CN(C)c1cccc2c(C(=O)C(C)(C)C)c3c(cc12)CC(CO)(CO)C3. The van der Waals surface area contributed by atoms with Crippen molar-refractivity contribution >= 4 is 56.4 Å². The Morgan fingerprint density at radius 3 is 1.24 bits per heavy atom. The van der Waals surface area contributed by atoms with E-state index in [1.54, 1.807) is 0 Å². The van der Waals surface area contributed by atoms with E-state index in [-0.39, 0.29) is 49.9 Å². The van der Waals surface area contributed by atoms with Gasteiger partial charge in [0.1, 0.15) is 13.2 Å². The van der Waals surface area contributed by atoms with E-state index in [9.17, 15) is 29.4 Å². The van der Waals surface area contributed by atoms with Crippen molar-refractivity contribution in [3.63, 3.8) is 0 Å². The Bertz CT molecular complexity index is 2600. The van der Waals surface area contributed by atoms with Crippen LogP contribution >= 0.6 is 0 Å². The number of esters is 2. The highest BCUT2D eigenvalue weighted by Gasteiger charge is 2.44. The van der Waals surface area contributed by atoms with Crippen LogP contribution in [0.4, 0.5) is 11.4 Å². The third-order valence-electron chi connectivity index (χ3n) is 15.6. The molecule has 76 heavy (non-hydrogen) atoms. The van der Waals surface area contributed by atoms with Crippen molar-refractivity contribution in [1.29, 1.82) is 0 Å². The number of aliphatic hydroxyl groups excluding tert-OH is 2. The third kappa shape index (κ3) is 15.9. The second-order valence-corrected chi connectivity index (χ2v) is 24.7. The number of unbranched alkanes of at least 4 members (excludes halogenated alkanes) is 12. The number of ether oxygens (including phenoxy) is 2. The van der Waals surface area contributed by atoms with Crippen molar-refractivity contribution in [2.75, 3.05) is 64.4 Å². The molecular formula is C66H94N2O8. The van der Waals surface area contributed by atoms with Crippen molar-refractivity contribution in [3.05, 3.63) is 107 Å². The number of hydrogen-bond acceptors (Lipinski definition) is 10. The number of hydrogen-bond donors (Lipinski definition) is 2. The first-order valence-electron chi connectivity index (χ1n) is 28.4. The molecule has 2 N–H and O–H groups in total. The van der Waals surface area contributed by atoms with Crippen molar-refractivity contribution in [2.45, 2.75) is 170 Å². The molecule has 0 amide bonds. The molecule has 0 radical (unpaired) electrons. The highest BCUT2D eigenvalue weighted by atomic mass is 16.5. The summed E-state index contributed by atoms with van der Waals surface area (Å²) in [5.41, 5.74) is 5.46. The molecule has 0 spiro atoms. The van der Waals surface area contributed by atoms with Crippen LogP contribution in [-0.2, 0) is 44.7 Å². The molecule has 416 valence electrons. The lowest BCUT2D eigenvalue weighted by Gasteiger charge is -2.28. The second kappa shape index (κ2) is 27.8. The van der Waals surface area contributed by atoms with E-state index in [1.807, 2.05) is 106 Å². The molecule has 0 saturated carbocycles. The Kier molecular flexibility index (Phi) is 22.5. The number of nitrogens with zero attached hydrogens (tertiary/aromatic N) is 2. The standard InChI is InChI=1S/C44H65NO5.C22H29NO3/c1-8-10-12-14-16-18-20-22-27-39(46)49-32-44(33-50-40(47)28-23-21-19-17-15-13-11-9-2)30-34-29-36-35(25-24-26-38(36)45(6)7)41(37(34)31-44)42(48)43(3,4)5;1-21(2,3)20(26)19-15-7-6-8-18(23(4)5)16(15)9-14-10-22(12-24,13-25)11-17(14)19/h8-9,24-26,29H,1-2,10-23,27-28,30-33H2,3-7H3;6-9,24-25H,10-13H2,1-5H3. The molecule has 10 heteroatoms. The Hall–Kier alpha value is -5.32. The minimum absolute atomic E-state index is 0.0851. The van der Waals surface area contributed by atoms with Crippen molar-refractivity contribution in [1.82, 2.24) is 0 Å². The molecule has 0 saturated heterocycles. The lowest BCUT2D eigenvalue weighted by Crippen LogP contribution is -2.35. The summed E-state index contributed by atoms with van der Waals surface area (Å²) < 4.78 is 12.0. The second-order valence-electron chi connectivity index (χ2n) is 24.7. The molecule has 0 atom stereocenters. The molecule has 0 aromatic heterocycles. The van der Waals surface area contributed by atoms with Crippen LogP contribution in [0.1, 0.15) is 187 Å². The Morgan fingerprint density at radius 2 is 0.882 bits per heavy atom. The van der Waals surface area contributed by atoms with E-state index in [0.717, 1.165) is 118 Å². The van der Waals surface area contributed by atoms with Gasteiger partial charge in [-0.15, -0.1) is 13.2 Å². The van der Waals surface area contributed by atoms with Gasteiger partial charge in [0.2, 0.25) is 0 Å². The van der Waals surface area contributed by atoms with E-state index >= 15 is 0 Å². The minimum atomic E-state index is -0.632. The smallest absolute Gasteiger partial charge is 0.305 e. The summed E-state index contributed by atoms with van der Waals surface area (Å²) >= 11 is 0. The van der Waals surface area contributed by atoms with Crippen LogP contribution < -0.4 is 9.80 Å². The Morgan fingerprint density at radius 1 is 0.526 bits per heavy atom. The fourth-order valence-electron chi connectivity index (χ4n) is 11.1. The largest absolute Gasteiger partial charge is 0.465 e. The third-order valence-corrected chi connectivity index (χ3v) is 15.6. The molecule has 0 bridgehead atoms. The number of ketones is 2. The van der Waals surface area contributed by atoms with E-state index in [0.29, 0.717) is 38.5 Å². The lowest BCUT2D eigenvalue weighted by molar-refractivity contribution is -0.154.